The minimum Gasteiger partial charge on any atom is -0.313 e. The molecule has 1 aromatic rings. The van der Waals surface area contributed by atoms with Gasteiger partial charge >= 0.3 is 0 Å². The second kappa shape index (κ2) is 8.58. The fraction of sp³-hybridized carbons (Fsp3) is 0.538. The van der Waals surface area contributed by atoms with Gasteiger partial charge in [-0.3, -0.25) is 0 Å². The zero-order valence-corrected chi connectivity index (χ0v) is 13.1. The van der Waals surface area contributed by atoms with Crippen molar-refractivity contribution in [2.24, 2.45) is 0 Å². The van der Waals surface area contributed by atoms with Crippen LogP contribution in [-0.2, 0) is 22.3 Å². The Bertz CT molecular complexity index is 475. The summed E-state index contributed by atoms with van der Waals surface area (Å²) in [4.78, 5) is 0. The molecule has 0 amide bonds. The monoisotopic (exact) mass is 302 g/mol. The summed E-state index contributed by atoms with van der Waals surface area (Å²) in [6.45, 7) is 4.20. The summed E-state index contributed by atoms with van der Waals surface area (Å²) in [6.07, 6.45) is 1.96. The summed E-state index contributed by atoms with van der Waals surface area (Å²) in [5, 5.41) is 3.23. The van der Waals surface area contributed by atoms with Crippen molar-refractivity contribution in [3.8, 4) is 0 Å². The maximum absolute atomic E-state index is 11.9. The van der Waals surface area contributed by atoms with Crippen LogP contribution >= 0.6 is 11.8 Å². The van der Waals surface area contributed by atoms with Gasteiger partial charge in [0.1, 0.15) is 0 Å². The first kappa shape index (κ1) is 16.5. The highest BCUT2D eigenvalue weighted by molar-refractivity contribution is 7.98. The number of thioether (sulfide) groups is 1. The van der Waals surface area contributed by atoms with Crippen molar-refractivity contribution in [1.82, 2.24) is 10.0 Å². The predicted molar refractivity (Wildman–Crippen MR) is 82.8 cm³/mol. The van der Waals surface area contributed by atoms with Crippen LogP contribution in [0.2, 0.25) is 0 Å². The zero-order valence-electron chi connectivity index (χ0n) is 11.5. The lowest BCUT2D eigenvalue weighted by Crippen LogP contribution is -2.27. The standard InChI is InChI=1S/C13H22N2O2S2/c1-3-14-10-12-5-4-6-13(9-12)11-19(16,17)15-7-8-18-2/h4-6,9,14-15H,3,7-8,10-11H2,1-2H3. The molecule has 1 rings (SSSR count). The fourth-order valence-corrected chi connectivity index (χ4v) is 3.24. The Morgan fingerprint density at radius 1 is 1.26 bits per heavy atom. The van der Waals surface area contributed by atoms with Gasteiger partial charge in [-0.25, -0.2) is 13.1 Å². The number of nitrogens with one attached hydrogen (secondary N) is 2. The summed E-state index contributed by atoms with van der Waals surface area (Å²) >= 11 is 1.62. The van der Waals surface area contributed by atoms with Gasteiger partial charge in [-0.2, -0.15) is 11.8 Å². The molecule has 0 aliphatic carbocycles. The molecule has 0 aliphatic rings. The van der Waals surface area contributed by atoms with E-state index >= 15 is 0 Å². The van der Waals surface area contributed by atoms with E-state index in [9.17, 15) is 8.42 Å². The summed E-state index contributed by atoms with van der Waals surface area (Å²) in [5.41, 5.74) is 1.94. The van der Waals surface area contributed by atoms with E-state index in [0.29, 0.717) is 6.54 Å². The van der Waals surface area contributed by atoms with Gasteiger partial charge in [0, 0.05) is 18.8 Å². The van der Waals surface area contributed by atoms with Crippen molar-refractivity contribution in [3.05, 3.63) is 35.4 Å². The minimum absolute atomic E-state index is 0.0430. The maximum atomic E-state index is 11.9. The summed E-state index contributed by atoms with van der Waals surface area (Å²) in [6, 6.07) is 7.69. The van der Waals surface area contributed by atoms with Crippen molar-refractivity contribution in [2.75, 3.05) is 25.1 Å². The first-order valence-corrected chi connectivity index (χ1v) is 9.37. The van der Waals surface area contributed by atoms with E-state index in [1.807, 2.05) is 37.4 Å². The molecule has 2 N–H and O–H groups in total. The number of hydrogen-bond acceptors (Lipinski definition) is 4. The summed E-state index contributed by atoms with van der Waals surface area (Å²) in [7, 11) is -3.23. The molecule has 0 radical (unpaired) electrons. The van der Waals surface area contributed by atoms with Crippen LogP contribution in [0.25, 0.3) is 0 Å². The maximum Gasteiger partial charge on any atom is 0.215 e. The average Bonchev–Trinajstić information content (AvgIpc) is 2.36. The Balaban J connectivity index is 2.60. The van der Waals surface area contributed by atoms with Gasteiger partial charge in [0.05, 0.1) is 5.75 Å². The van der Waals surface area contributed by atoms with Gasteiger partial charge in [-0.15, -0.1) is 0 Å². The van der Waals surface area contributed by atoms with Crippen LogP contribution in [0.3, 0.4) is 0 Å². The van der Waals surface area contributed by atoms with E-state index in [2.05, 4.69) is 10.0 Å². The Hall–Kier alpha value is -0.560. The highest BCUT2D eigenvalue weighted by atomic mass is 32.2. The highest BCUT2D eigenvalue weighted by Crippen LogP contribution is 2.08. The van der Waals surface area contributed by atoms with Crippen molar-refractivity contribution < 1.29 is 8.42 Å². The van der Waals surface area contributed by atoms with Gasteiger partial charge in [-0.05, 0) is 23.9 Å². The molecular formula is C13H22N2O2S2. The number of rotatable bonds is 9. The van der Waals surface area contributed by atoms with Crippen molar-refractivity contribution in [1.29, 1.82) is 0 Å². The largest absolute Gasteiger partial charge is 0.313 e. The van der Waals surface area contributed by atoms with Gasteiger partial charge in [-0.1, -0.05) is 31.2 Å². The Labute approximate surface area is 120 Å². The van der Waals surface area contributed by atoms with Crippen LogP contribution in [0, 0.1) is 0 Å². The van der Waals surface area contributed by atoms with Crippen LogP contribution < -0.4 is 10.0 Å². The van der Waals surface area contributed by atoms with Crippen LogP contribution in [0.1, 0.15) is 18.1 Å². The SMILES string of the molecule is CCNCc1cccc(CS(=O)(=O)NCCSC)c1. The van der Waals surface area contributed by atoms with E-state index in [1.54, 1.807) is 11.8 Å². The van der Waals surface area contributed by atoms with Crippen molar-refractivity contribution in [3.63, 3.8) is 0 Å². The molecular weight excluding hydrogens is 280 g/mol. The lowest BCUT2D eigenvalue weighted by Gasteiger charge is -2.08. The van der Waals surface area contributed by atoms with Crippen LogP contribution in [0.5, 0.6) is 0 Å². The molecule has 0 fully saturated rings. The third-order valence-electron chi connectivity index (χ3n) is 2.56. The zero-order chi connectivity index (χ0) is 14.1. The molecule has 0 spiro atoms. The smallest absolute Gasteiger partial charge is 0.215 e. The van der Waals surface area contributed by atoms with Gasteiger partial charge in [0.2, 0.25) is 10.0 Å². The fourth-order valence-electron chi connectivity index (χ4n) is 1.67. The van der Waals surface area contributed by atoms with Crippen molar-refractivity contribution >= 4 is 21.8 Å². The van der Waals surface area contributed by atoms with E-state index in [1.165, 1.54) is 0 Å². The van der Waals surface area contributed by atoms with E-state index in [-0.39, 0.29) is 5.75 Å². The quantitative estimate of drug-likeness (QED) is 0.680. The molecule has 4 nitrogen and oxygen atoms in total. The molecule has 108 valence electrons. The van der Waals surface area contributed by atoms with Crippen LogP contribution in [-0.4, -0.2) is 33.5 Å². The number of sulfonamides is 1. The molecule has 0 saturated carbocycles. The number of benzene rings is 1. The molecule has 6 heteroatoms. The summed E-state index contributed by atoms with van der Waals surface area (Å²) in [5.74, 6) is 0.834. The second-order valence-electron chi connectivity index (χ2n) is 4.25. The van der Waals surface area contributed by atoms with E-state index < -0.39 is 10.0 Å². The normalized spacial score (nSPS) is 11.7. The first-order valence-electron chi connectivity index (χ1n) is 6.32. The van der Waals surface area contributed by atoms with Crippen LogP contribution in [0.4, 0.5) is 0 Å². The Morgan fingerprint density at radius 2 is 2.00 bits per heavy atom. The topological polar surface area (TPSA) is 58.2 Å². The third-order valence-corrected chi connectivity index (χ3v) is 4.53. The molecule has 0 saturated heterocycles. The van der Waals surface area contributed by atoms with Gasteiger partial charge in [0.15, 0.2) is 0 Å². The predicted octanol–water partition coefficient (Wildman–Crippen LogP) is 1.58. The van der Waals surface area contributed by atoms with E-state index in [0.717, 1.165) is 30.0 Å². The Morgan fingerprint density at radius 3 is 2.68 bits per heavy atom. The Kier molecular flexibility index (Phi) is 7.45. The van der Waals surface area contributed by atoms with Crippen LogP contribution in [0.15, 0.2) is 24.3 Å². The highest BCUT2D eigenvalue weighted by Gasteiger charge is 2.10. The molecule has 0 atom stereocenters. The van der Waals surface area contributed by atoms with Gasteiger partial charge in [0.25, 0.3) is 0 Å². The van der Waals surface area contributed by atoms with Gasteiger partial charge < -0.3 is 5.32 Å². The molecule has 0 aromatic heterocycles. The minimum atomic E-state index is -3.23. The molecule has 1 aromatic carbocycles. The second-order valence-corrected chi connectivity index (χ2v) is 7.04. The molecule has 0 unspecified atom stereocenters. The van der Waals surface area contributed by atoms with Crippen molar-refractivity contribution in [2.45, 2.75) is 19.2 Å². The lowest BCUT2D eigenvalue weighted by molar-refractivity contribution is 0.583. The summed E-state index contributed by atoms with van der Waals surface area (Å²) < 4.78 is 26.3. The first-order chi connectivity index (χ1) is 9.07. The average molecular weight is 302 g/mol. The molecule has 0 bridgehead atoms. The molecule has 0 heterocycles. The van der Waals surface area contributed by atoms with E-state index in [4.69, 9.17) is 0 Å². The lowest BCUT2D eigenvalue weighted by atomic mass is 10.1. The molecule has 0 aliphatic heterocycles. The third kappa shape index (κ3) is 6.96. The number of hydrogen-bond donors (Lipinski definition) is 2. The molecule has 19 heavy (non-hydrogen) atoms.